The van der Waals surface area contributed by atoms with E-state index in [0.717, 1.165) is 53.6 Å². The first-order valence-electron chi connectivity index (χ1n) is 13.0. The number of aryl methyl sites for hydroxylation is 1. The summed E-state index contributed by atoms with van der Waals surface area (Å²) >= 11 is 6.65. The molecule has 192 valence electrons. The summed E-state index contributed by atoms with van der Waals surface area (Å²) in [6.45, 7) is 3.52. The van der Waals surface area contributed by atoms with Crippen molar-refractivity contribution in [3.8, 4) is 0 Å². The Morgan fingerprint density at radius 2 is 1.86 bits per heavy atom. The van der Waals surface area contributed by atoms with Gasteiger partial charge in [-0.2, -0.15) is 0 Å². The lowest BCUT2D eigenvalue weighted by atomic mass is 9.94. The topological polar surface area (TPSA) is 99.3 Å². The molecule has 2 saturated carbocycles. The zero-order valence-corrected chi connectivity index (χ0v) is 21.7. The lowest BCUT2D eigenvalue weighted by Crippen LogP contribution is -2.44. The van der Waals surface area contributed by atoms with Crippen LogP contribution < -0.4 is 10.9 Å². The predicted octanol–water partition coefficient (Wildman–Crippen LogP) is 5.69. The van der Waals surface area contributed by atoms with Gasteiger partial charge in [-0.15, -0.1) is 0 Å². The minimum atomic E-state index is -1.04. The quantitative estimate of drug-likeness (QED) is 0.382. The zero-order chi connectivity index (χ0) is 25.8. The highest BCUT2D eigenvalue weighted by Gasteiger charge is 2.27. The number of nitrogens with one attached hydrogen (secondary N) is 2. The number of carboxylic acids is 1. The zero-order valence-electron chi connectivity index (χ0n) is 21.0. The van der Waals surface area contributed by atoms with Crippen molar-refractivity contribution in [3.05, 3.63) is 74.2 Å². The molecule has 0 radical (unpaired) electrons. The van der Waals surface area contributed by atoms with Crippen LogP contribution in [0.15, 0.2) is 41.2 Å². The van der Waals surface area contributed by atoms with Gasteiger partial charge in [0, 0.05) is 28.3 Å². The van der Waals surface area contributed by atoms with Crippen LogP contribution in [0.5, 0.6) is 0 Å². The highest BCUT2D eigenvalue weighted by atomic mass is 35.5. The molecule has 1 aromatic heterocycles. The molecule has 2 aromatic rings. The number of carbonyl (C=O) groups is 2. The fourth-order valence-corrected chi connectivity index (χ4v) is 5.26. The third kappa shape index (κ3) is 6.47. The van der Waals surface area contributed by atoms with Crippen LogP contribution in [0.3, 0.4) is 0 Å². The molecule has 0 bridgehead atoms. The van der Waals surface area contributed by atoms with Crippen LogP contribution in [0, 0.1) is 11.8 Å². The molecule has 36 heavy (non-hydrogen) atoms. The van der Waals surface area contributed by atoms with E-state index in [1.165, 1.54) is 12.8 Å². The Hall–Kier alpha value is -2.86. The van der Waals surface area contributed by atoms with Crippen molar-refractivity contribution in [1.82, 2.24) is 10.3 Å². The summed E-state index contributed by atoms with van der Waals surface area (Å²) < 4.78 is 0. The number of rotatable bonds is 10. The van der Waals surface area contributed by atoms with Crippen molar-refractivity contribution in [1.29, 1.82) is 0 Å². The largest absolute Gasteiger partial charge is 0.480 e. The fourth-order valence-electron chi connectivity index (χ4n) is 4.98. The first kappa shape index (κ1) is 26.2. The number of amides is 1. The number of allylic oxidation sites excluding steroid dienone is 1. The maximum absolute atomic E-state index is 12.7. The van der Waals surface area contributed by atoms with Gasteiger partial charge in [-0.25, -0.2) is 4.79 Å². The summed E-state index contributed by atoms with van der Waals surface area (Å²) in [5.41, 5.74) is 4.39. The van der Waals surface area contributed by atoms with Crippen molar-refractivity contribution in [2.45, 2.75) is 77.2 Å². The smallest absolute Gasteiger partial charge is 0.326 e. The Morgan fingerprint density at radius 3 is 2.44 bits per heavy atom. The van der Waals surface area contributed by atoms with Gasteiger partial charge in [0.15, 0.2) is 0 Å². The normalized spacial score (nSPS) is 17.4. The number of aromatic nitrogens is 1. The molecule has 3 N–H and O–H groups in total. The number of carboxylic acid groups (broad SMARTS) is 1. The van der Waals surface area contributed by atoms with E-state index in [-0.39, 0.29) is 23.8 Å². The molecule has 1 atom stereocenters. The minimum Gasteiger partial charge on any atom is -0.480 e. The molecule has 0 spiro atoms. The summed E-state index contributed by atoms with van der Waals surface area (Å²) in [5.74, 6) is -0.694. The van der Waals surface area contributed by atoms with E-state index >= 15 is 0 Å². The van der Waals surface area contributed by atoms with E-state index in [2.05, 4.69) is 16.4 Å². The van der Waals surface area contributed by atoms with Crippen LogP contribution in [0.4, 0.5) is 0 Å². The number of hydrogen-bond acceptors (Lipinski definition) is 3. The molecule has 1 heterocycles. The van der Waals surface area contributed by atoms with Crippen molar-refractivity contribution in [2.24, 2.45) is 11.8 Å². The molecule has 1 amide bonds. The van der Waals surface area contributed by atoms with E-state index in [4.69, 9.17) is 11.6 Å². The van der Waals surface area contributed by atoms with Crippen molar-refractivity contribution in [3.63, 3.8) is 0 Å². The van der Waals surface area contributed by atoms with Crippen LogP contribution in [0.25, 0.3) is 5.57 Å². The number of benzene rings is 1. The van der Waals surface area contributed by atoms with E-state index < -0.39 is 12.0 Å². The van der Waals surface area contributed by atoms with Gasteiger partial charge in [0.1, 0.15) is 6.04 Å². The lowest BCUT2D eigenvalue weighted by molar-refractivity contribution is -0.143. The molecule has 2 aliphatic carbocycles. The molecule has 0 saturated heterocycles. The van der Waals surface area contributed by atoms with E-state index in [1.807, 2.05) is 30.3 Å². The Labute approximate surface area is 217 Å². The van der Waals surface area contributed by atoms with Crippen LogP contribution in [-0.2, 0) is 16.0 Å². The first-order valence-corrected chi connectivity index (χ1v) is 13.4. The maximum atomic E-state index is 12.7. The van der Waals surface area contributed by atoms with Gasteiger partial charge in [0.25, 0.3) is 5.56 Å². The highest BCUT2D eigenvalue weighted by Crippen LogP contribution is 2.39. The monoisotopic (exact) mass is 510 g/mol. The minimum absolute atomic E-state index is 0.0119. The summed E-state index contributed by atoms with van der Waals surface area (Å²) in [6, 6.07) is 8.87. The van der Waals surface area contributed by atoms with Gasteiger partial charge in [-0.3, -0.25) is 9.59 Å². The SMILES string of the molecule is CC(C)[C@H](NC(=O)CCc1ccc(/C(=C\C2CCCC2)c2ccc(C3CC3)c(=O)[nH]2)cc1Cl)C(=O)O. The highest BCUT2D eigenvalue weighted by molar-refractivity contribution is 6.31. The van der Waals surface area contributed by atoms with Crippen molar-refractivity contribution >= 4 is 29.1 Å². The molecular weight excluding hydrogens is 476 g/mol. The summed E-state index contributed by atoms with van der Waals surface area (Å²) in [7, 11) is 0. The number of carbonyl (C=O) groups excluding carboxylic acids is 1. The Kier molecular flexibility index (Phi) is 8.35. The maximum Gasteiger partial charge on any atom is 0.326 e. The third-order valence-corrected chi connectivity index (χ3v) is 7.64. The Balaban J connectivity index is 1.53. The van der Waals surface area contributed by atoms with E-state index in [0.29, 0.717) is 23.3 Å². The Morgan fingerprint density at radius 1 is 1.14 bits per heavy atom. The number of halogens is 1. The number of aliphatic carboxylic acids is 1. The second-order valence-electron chi connectivity index (χ2n) is 10.5. The molecule has 4 rings (SSSR count). The summed E-state index contributed by atoms with van der Waals surface area (Å²) in [4.78, 5) is 39.6. The number of H-pyrrole nitrogens is 1. The van der Waals surface area contributed by atoms with Crippen LogP contribution in [0.2, 0.25) is 5.02 Å². The second kappa shape index (κ2) is 11.5. The van der Waals surface area contributed by atoms with Gasteiger partial charge in [-0.1, -0.05) is 62.6 Å². The van der Waals surface area contributed by atoms with E-state index in [9.17, 15) is 19.5 Å². The molecule has 2 aliphatic rings. The molecule has 0 unspecified atom stereocenters. The van der Waals surface area contributed by atoms with Gasteiger partial charge in [-0.05, 0) is 73.1 Å². The second-order valence-corrected chi connectivity index (χ2v) is 10.9. The first-order chi connectivity index (χ1) is 17.2. The van der Waals surface area contributed by atoms with Crippen LogP contribution in [0.1, 0.15) is 87.1 Å². The average molecular weight is 511 g/mol. The molecule has 1 aromatic carbocycles. The van der Waals surface area contributed by atoms with Crippen LogP contribution in [-0.4, -0.2) is 28.0 Å². The van der Waals surface area contributed by atoms with Gasteiger partial charge in [0.05, 0.1) is 0 Å². The number of aromatic amines is 1. The van der Waals surface area contributed by atoms with Gasteiger partial charge >= 0.3 is 5.97 Å². The Bertz CT molecular complexity index is 1210. The summed E-state index contributed by atoms with van der Waals surface area (Å²) in [5, 5.41) is 12.4. The predicted molar refractivity (Wildman–Crippen MR) is 142 cm³/mol. The number of hydrogen-bond donors (Lipinski definition) is 3. The molecular formula is C29H35ClN2O4. The standard InChI is InChI=1S/C29H35ClN2O4/c1-17(2)27(29(35)36)32-26(33)14-11-20-9-10-21(16-24(20)30)23(15-18-5-3-4-6-18)25-13-12-22(19-7-8-19)28(34)31-25/h9-10,12-13,15-19,27H,3-8,11,14H2,1-2H3,(H,31,34)(H,32,33)(H,35,36)/b23-15+/t27-/m0/s1. The molecule has 2 fully saturated rings. The molecule has 0 aliphatic heterocycles. The van der Waals surface area contributed by atoms with Gasteiger partial charge < -0.3 is 15.4 Å². The van der Waals surface area contributed by atoms with Crippen molar-refractivity contribution in [2.75, 3.05) is 0 Å². The molecule has 6 nitrogen and oxygen atoms in total. The number of pyridine rings is 1. The molecule has 7 heteroatoms. The average Bonchev–Trinajstić information content (AvgIpc) is 3.54. The third-order valence-electron chi connectivity index (χ3n) is 7.28. The lowest BCUT2D eigenvalue weighted by Gasteiger charge is -2.18. The van der Waals surface area contributed by atoms with E-state index in [1.54, 1.807) is 13.8 Å². The van der Waals surface area contributed by atoms with Crippen molar-refractivity contribution < 1.29 is 14.7 Å². The van der Waals surface area contributed by atoms with Gasteiger partial charge in [0.2, 0.25) is 5.91 Å². The summed E-state index contributed by atoms with van der Waals surface area (Å²) in [6.07, 6.45) is 9.70. The van der Waals surface area contributed by atoms with Crippen LogP contribution >= 0.6 is 11.6 Å². The fraction of sp³-hybridized carbons (Fsp3) is 0.483.